The molecular formula is C27H35N7O3. The maximum absolute atomic E-state index is 12.9. The van der Waals surface area contributed by atoms with E-state index in [4.69, 9.17) is 19.4 Å². The number of anilines is 1. The summed E-state index contributed by atoms with van der Waals surface area (Å²) < 4.78 is 11.7. The predicted octanol–water partition coefficient (Wildman–Crippen LogP) is 2.34. The van der Waals surface area contributed by atoms with E-state index in [1.54, 1.807) is 4.90 Å². The van der Waals surface area contributed by atoms with E-state index in [0.717, 1.165) is 48.6 Å². The van der Waals surface area contributed by atoms with E-state index in [2.05, 4.69) is 28.2 Å². The summed E-state index contributed by atoms with van der Waals surface area (Å²) in [6.45, 7) is 4.98. The maximum Gasteiger partial charge on any atom is 0.410 e. The van der Waals surface area contributed by atoms with Crippen LogP contribution in [0.1, 0.15) is 36.1 Å². The summed E-state index contributed by atoms with van der Waals surface area (Å²) in [5.41, 5.74) is 3.02. The minimum atomic E-state index is -0.387. The molecule has 2 aromatic rings. The molecule has 4 heterocycles. The molecule has 3 aliphatic heterocycles. The Morgan fingerprint density at radius 2 is 2.05 bits per heavy atom. The number of likely N-dealkylation sites (N-methyl/N-ethyl adjacent to an activating group) is 1. The zero-order valence-corrected chi connectivity index (χ0v) is 21.4. The van der Waals surface area contributed by atoms with Crippen LogP contribution in [-0.2, 0) is 24.3 Å². The first-order valence-electron chi connectivity index (χ1n) is 13.1. The quantitative estimate of drug-likeness (QED) is 0.607. The molecule has 0 saturated carbocycles. The van der Waals surface area contributed by atoms with Gasteiger partial charge in [0.1, 0.15) is 19.0 Å². The molecule has 1 amide bonds. The molecule has 2 fully saturated rings. The Bertz CT molecular complexity index is 1120. The number of aromatic nitrogens is 2. The first-order chi connectivity index (χ1) is 18.1. The van der Waals surface area contributed by atoms with Gasteiger partial charge in [-0.3, -0.25) is 0 Å². The lowest BCUT2D eigenvalue weighted by atomic mass is 10.0. The topological polar surface area (TPSA) is 107 Å². The number of nitrogens with zero attached hydrogens (tertiary/aromatic N) is 6. The Labute approximate surface area is 218 Å². The van der Waals surface area contributed by atoms with Gasteiger partial charge in [0, 0.05) is 37.8 Å². The number of likely N-dealkylation sites (tertiary alicyclic amines) is 1. The van der Waals surface area contributed by atoms with E-state index in [1.807, 2.05) is 30.3 Å². The van der Waals surface area contributed by atoms with Crippen LogP contribution in [0.15, 0.2) is 30.3 Å². The number of carbonyl (C=O) groups excluding carboxylic acids is 1. The lowest BCUT2D eigenvalue weighted by molar-refractivity contribution is 0.0767. The number of rotatable bonds is 7. The average molecular weight is 506 g/mol. The van der Waals surface area contributed by atoms with Gasteiger partial charge < -0.3 is 29.5 Å². The molecule has 1 aromatic heterocycles. The summed E-state index contributed by atoms with van der Waals surface area (Å²) in [7, 11) is 2.13. The van der Waals surface area contributed by atoms with E-state index in [-0.39, 0.29) is 25.2 Å². The first-order valence-corrected chi connectivity index (χ1v) is 13.1. The lowest BCUT2D eigenvalue weighted by Gasteiger charge is -2.41. The van der Waals surface area contributed by atoms with Crippen molar-refractivity contribution in [3.8, 4) is 12.1 Å². The molecule has 0 unspecified atom stereocenters. The van der Waals surface area contributed by atoms with E-state index in [9.17, 15) is 10.1 Å². The number of ether oxygens (including phenoxy) is 2. The number of nitrogens with one attached hydrogen (secondary N) is 1. The molecule has 37 heavy (non-hydrogen) atoms. The van der Waals surface area contributed by atoms with Gasteiger partial charge in [-0.25, -0.2) is 4.79 Å². The Morgan fingerprint density at radius 1 is 1.19 bits per heavy atom. The van der Waals surface area contributed by atoms with Gasteiger partial charge in [-0.05, 0) is 45.0 Å². The largest absolute Gasteiger partial charge is 0.462 e. The lowest BCUT2D eigenvalue weighted by Crippen LogP contribution is -2.55. The summed E-state index contributed by atoms with van der Waals surface area (Å²) in [6.07, 6.45) is 2.97. The standard InChI is InChI=1S/C27H35N7O3/c1-32-13-5-8-22(32)19-36-26-30-24-16-29-12-10-23(24)25(31-26)33-14-15-34(21(17-33)9-11-28)27(35)37-18-20-6-3-2-4-7-20/h2-4,6-7,21-22,29H,5,8-10,12-19H2,1H3/t21-,22-/m0/s1. The molecule has 196 valence electrons. The van der Waals surface area contributed by atoms with Crippen LogP contribution < -0.4 is 15.0 Å². The highest BCUT2D eigenvalue weighted by Gasteiger charge is 2.34. The van der Waals surface area contributed by atoms with E-state index in [0.29, 0.717) is 44.8 Å². The summed E-state index contributed by atoms with van der Waals surface area (Å²) in [6, 6.07) is 12.4. The van der Waals surface area contributed by atoms with Gasteiger partial charge in [0.2, 0.25) is 0 Å². The van der Waals surface area contributed by atoms with Gasteiger partial charge in [0.05, 0.1) is 24.2 Å². The average Bonchev–Trinajstić information content (AvgIpc) is 3.35. The van der Waals surface area contributed by atoms with Crippen LogP contribution >= 0.6 is 0 Å². The summed E-state index contributed by atoms with van der Waals surface area (Å²) in [5, 5.41) is 12.9. The molecule has 0 bridgehead atoms. The van der Waals surface area contributed by atoms with Crippen molar-refractivity contribution in [2.45, 2.75) is 50.9 Å². The van der Waals surface area contributed by atoms with Crippen LogP contribution in [0.4, 0.5) is 10.6 Å². The van der Waals surface area contributed by atoms with Crippen molar-refractivity contribution in [3.63, 3.8) is 0 Å². The van der Waals surface area contributed by atoms with Gasteiger partial charge in [-0.15, -0.1) is 0 Å². The predicted molar refractivity (Wildman–Crippen MR) is 138 cm³/mol. The van der Waals surface area contributed by atoms with Crippen molar-refractivity contribution in [2.24, 2.45) is 0 Å². The molecule has 2 atom stereocenters. The number of hydrogen-bond donors (Lipinski definition) is 1. The highest BCUT2D eigenvalue weighted by Crippen LogP contribution is 2.29. The number of carbonyl (C=O) groups is 1. The molecule has 3 aliphatic rings. The molecule has 2 saturated heterocycles. The fourth-order valence-electron chi connectivity index (χ4n) is 5.37. The Morgan fingerprint density at radius 3 is 2.84 bits per heavy atom. The van der Waals surface area contributed by atoms with Crippen molar-refractivity contribution in [2.75, 3.05) is 51.3 Å². The van der Waals surface area contributed by atoms with E-state index >= 15 is 0 Å². The third-order valence-corrected chi connectivity index (χ3v) is 7.52. The molecule has 0 spiro atoms. The molecule has 0 radical (unpaired) electrons. The van der Waals surface area contributed by atoms with Crippen LogP contribution in [0.5, 0.6) is 6.01 Å². The van der Waals surface area contributed by atoms with E-state index < -0.39 is 0 Å². The second-order valence-electron chi connectivity index (χ2n) is 9.97. The van der Waals surface area contributed by atoms with Crippen molar-refractivity contribution >= 4 is 11.9 Å². The maximum atomic E-state index is 12.9. The Balaban J connectivity index is 1.30. The fourth-order valence-corrected chi connectivity index (χ4v) is 5.37. The minimum absolute atomic E-state index is 0.211. The number of amides is 1. The van der Waals surface area contributed by atoms with Crippen molar-refractivity contribution < 1.29 is 14.3 Å². The normalized spacial score (nSPS) is 21.8. The van der Waals surface area contributed by atoms with Crippen LogP contribution in [0.25, 0.3) is 0 Å². The second kappa shape index (κ2) is 11.8. The fraction of sp³-hybridized carbons (Fsp3) is 0.556. The molecule has 10 heteroatoms. The Kier molecular flexibility index (Phi) is 8.02. The van der Waals surface area contributed by atoms with Crippen molar-refractivity contribution in [1.82, 2.24) is 25.1 Å². The third kappa shape index (κ3) is 5.95. The third-order valence-electron chi connectivity index (χ3n) is 7.52. The van der Waals surface area contributed by atoms with Crippen molar-refractivity contribution in [1.29, 1.82) is 5.26 Å². The zero-order valence-electron chi connectivity index (χ0n) is 21.4. The van der Waals surface area contributed by atoms with Crippen LogP contribution in [-0.4, -0.2) is 84.3 Å². The highest BCUT2D eigenvalue weighted by atomic mass is 16.6. The molecule has 5 rings (SSSR count). The summed E-state index contributed by atoms with van der Waals surface area (Å²) in [4.78, 5) is 28.7. The molecule has 10 nitrogen and oxygen atoms in total. The number of nitriles is 1. The zero-order chi connectivity index (χ0) is 25.6. The minimum Gasteiger partial charge on any atom is -0.462 e. The van der Waals surface area contributed by atoms with Gasteiger partial charge >= 0.3 is 12.1 Å². The summed E-state index contributed by atoms with van der Waals surface area (Å²) >= 11 is 0. The Hall–Kier alpha value is -3.42. The van der Waals surface area contributed by atoms with Crippen LogP contribution in [0.3, 0.4) is 0 Å². The molecule has 1 aromatic carbocycles. The van der Waals surface area contributed by atoms with Gasteiger partial charge in [0.25, 0.3) is 0 Å². The first kappa shape index (κ1) is 25.2. The van der Waals surface area contributed by atoms with Crippen LogP contribution in [0, 0.1) is 11.3 Å². The van der Waals surface area contributed by atoms with Gasteiger partial charge in [0.15, 0.2) is 0 Å². The molecular weight excluding hydrogens is 470 g/mol. The smallest absolute Gasteiger partial charge is 0.410 e. The van der Waals surface area contributed by atoms with Crippen molar-refractivity contribution in [3.05, 3.63) is 47.2 Å². The monoisotopic (exact) mass is 505 g/mol. The number of piperazine rings is 1. The van der Waals surface area contributed by atoms with Gasteiger partial charge in [-0.1, -0.05) is 30.3 Å². The van der Waals surface area contributed by atoms with E-state index in [1.165, 1.54) is 6.42 Å². The van der Waals surface area contributed by atoms with Gasteiger partial charge in [-0.2, -0.15) is 15.2 Å². The van der Waals surface area contributed by atoms with Crippen LogP contribution in [0.2, 0.25) is 0 Å². The SMILES string of the molecule is CN1CCC[C@H]1COc1nc2c(c(N3CCN(C(=O)OCc4ccccc4)[C@@H](CC#N)C3)n1)CCNC2. The summed E-state index contributed by atoms with van der Waals surface area (Å²) in [5.74, 6) is 0.863. The molecule has 0 aliphatic carbocycles. The molecule has 1 N–H and O–H groups in total. The highest BCUT2D eigenvalue weighted by molar-refractivity contribution is 5.69. The number of hydrogen-bond acceptors (Lipinski definition) is 9. The number of fused-ring (bicyclic) bond motifs is 1. The second-order valence-corrected chi connectivity index (χ2v) is 9.97. The number of benzene rings is 1.